The predicted molar refractivity (Wildman–Crippen MR) is 66.9 cm³/mol. The van der Waals surface area contributed by atoms with Crippen LogP contribution in [-0.4, -0.2) is 40.0 Å². The Morgan fingerprint density at radius 2 is 2.26 bits per heavy atom. The van der Waals surface area contributed by atoms with E-state index in [4.69, 9.17) is 9.47 Å². The number of hydrogen-bond donors (Lipinski definition) is 0. The van der Waals surface area contributed by atoms with Crippen molar-refractivity contribution in [1.82, 2.24) is 14.2 Å². The van der Waals surface area contributed by atoms with Crippen LogP contribution in [0.15, 0.2) is 29.2 Å². The Labute approximate surface area is 109 Å². The van der Waals surface area contributed by atoms with Crippen LogP contribution in [-0.2, 0) is 20.8 Å². The second-order valence-corrected chi connectivity index (χ2v) is 3.98. The molecule has 0 amide bonds. The molecule has 0 spiro atoms. The van der Waals surface area contributed by atoms with Crippen LogP contribution in [0.3, 0.4) is 0 Å². The Hall–Kier alpha value is -2.15. The Kier molecular flexibility index (Phi) is 3.96. The lowest BCUT2D eigenvalue weighted by Crippen LogP contribution is -2.27. The fraction of sp³-hybridized carbons (Fsp3) is 0.417. The molecular formula is C12H15N3O4. The second kappa shape index (κ2) is 5.66. The topological polar surface area (TPSA) is 74.8 Å². The number of carbonyl (C=O) groups excluding carboxylic acids is 1. The number of fused-ring (bicyclic) bond motifs is 1. The van der Waals surface area contributed by atoms with Crippen LogP contribution in [0.5, 0.6) is 0 Å². The molecule has 2 rings (SSSR count). The maximum atomic E-state index is 11.9. The molecule has 0 aliphatic carbocycles. The van der Waals surface area contributed by atoms with Crippen molar-refractivity contribution >= 4 is 11.6 Å². The second-order valence-electron chi connectivity index (χ2n) is 3.98. The fourth-order valence-corrected chi connectivity index (χ4v) is 1.56. The number of pyridine rings is 1. The number of nitrogens with zero attached hydrogens (tertiary/aromatic N) is 3. The summed E-state index contributed by atoms with van der Waals surface area (Å²) < 4.78 is 12.5. The average Bonchev–Trinajstić information content (AvgIpc) is 2.75. The smallest absolute Gasteiger partial charge is 0.350 e. The number of esters is 1. The highest BCUT2D eigenvalue weighted by atomic mass is 16.6. The number of hydrogen-bond acceptors (Lipinski definition) is 5. The molecule has 0 saturated heterocycles. The number of carbonyl (C=O) groups is 1. The van der Waals surface area contributed by atoms with Gasteiger partial charge in [0.15, 0.2) is 11.8 Å². The van der Waals surface area contributed by atoms with Gasteiger partial charge in [0.1, 0.15) is 6.61 Å². The SMILES string of the molecule is CO[C@@H](C)C(=O)OCCn1nc2ccccn2c1=O. The van der Waals surface area contributed by atoms with E-state index in [1.807, 2.05) is 0 Å². The normalized spacial score (nSPS) is 12.5. The summed E-state index contributed by atoms with van der Waals surface area (Å²) in [6.07, 6.45) is 1.03. The first-order valence-electron chi connectivity index (χ1n) is 5.87. The molecule has 0 radical (unpaired) electrons. The third-order valence-electron chi connectivity index (χ3n) is 2.72. The van der Waals surface area contributed by atoms with Gasteiger partial charge in [-0.05, 0) is 19.1 Å². The Balaban J connectivity index is 2.01. The van der Waals surface area contributed by atoms with Gasteiger partial charge in [0.05, 0.1) is 6.54 Å². The largest absolute Gasteiger partial charge is 0.462 e. The Bertz CT molecular complexity index is 631. The van der Waals surface area contributed by atoms with E-state index in [1.54, 1.807) is 31.3 Å². The molecule has 2 aromatic rings. The number of ether oxygens (including phenoxy) is 2. The molecule has 19 heavy (non-hydrogen) atoms. The zero-order valence-corrected chi connectivity index (χ0v) is 10.8. The lowest BCUT2D eigenvalue weighted by molar-refractivity contribution is -0.154. The van der Waals surface area contributed by atoms with Crippen molar-refractivity contribution in [2.24, 2.45) is 0 Å². The van der Waals surface area contributed by atoms with Gasteiger partial charge in [-0.25, -0.2) is 14.3 Å². The molecule has 0 aromatic carbocycles. The van der Waals surface area contributed by atoms with Gasteiger partial charge in [0.25, 0.3) is 0 Å². The lowest BCUT2D eigenvalue weighted by Gasteiger charge is -2.08. The fourth-order valence-electron chi connectivity index (χ4n) is 1.56. The van der Waals surface area contributed by atoms with E-state index < -0.39 is 12.1 Å². The molecule has 0 bridgehead atoms. The highest BCUT2D eigenvalue weighted by molar-refractivity contribution is 5.74. The number of rotatable bonds is 5. The molecule has 0 aliphatic rings. The highest BCUT2D eigenvalue weighted by Gasteiger charge is 2.13. The van der Waals surface area contributed by atoms with Crippen LogP contribution < -0.4 is 5.69 Å². The van der Waals surface area contributed by atoms with Crippen LogP contribution >= 0.6 is 0 Å². The van der Waals surface area contributed by atoms with Crippen molar-refractivity contribution in [3.05, 3.63) is 34.9 Å². The van der Waals surface area contributed by atoms with E-state index in [0.29, 0.717) is 5.65 Å². The van der Waals surface area contributed by atoms with E-state index in [2.05, 4.69) is 5.10 Å². The summed E-state index contributed by atoms with van der Waals surface area (Å²) >= 11 is 0. The summed E-state index contributed by atoms with van der Waals surface area (Å²) in [5, 5.41) is 4.12. The summed E-state index contributed by atoms with van der Waals surface area (Å²) in [4.78, 5) is 23.3. The molecule has 2 aromatic heterocycles. The highest BCUT2D eigenvalue weighted by Crippen LogP contribution is 1.96. The Morgan fingerprint density at radius 1 is 1.47 bits per heavy atom. The first kappa shape index (κ1) is 13.3. The standard InChI is InChI=1S/C12H15N3O4/c1-9(18-2)11(16)19-8-7-15-12(17)14-6-4-3-5-10(14)13-15/h3-6,9H,7-8H2,1-2H3/t9-/m0/s1. The lowest BCUT2D eigenvalue weighted by atomic mass is 10.4. The third kappa shape index (κ3) is 2.82. The van der Waals surface area contributed by atoms with Crippen molar-refractivity contribution in [2.45, 2.75) is 19.6 Å². The van der Waals surface area contributed by atoms with Gasteiger partial charge in [-0.15, -0.1) is 5.10 Å². The monoisotopic (exact) mass is 265 g/mol. The zero-order valence-electron chi connectivity index (χ0n) is 10.8. The third-order valence-corrected chi connectivity index (χ3v) is 2.72. The van der Waals surface area contributed by atoms with E-state index in [-0.39, 0.29) is 18.8 Å². The van der Waals surface area contributed by atoms with Gasteiger partial charge < -0.3 is 9.47 Å². The molecule has 1 atom stereocenters. The van der Waals surface area contributed by atoms with Gasteiger partial charge >= 0.3 is 11.7 Å². The summed E-state index contributed by atoms with van der Waals surface area (Å²) in [5.41, 5.74) is 0.301. The number of aromatic nitrogens is 3. The molecular weight excluding hydrogens is 250 g/mol. The van der Waals surface area contributed by atoms with Gasteiger partial charge in [-0.3, -0.25) is 4.40 Å². The van der Waals surface area contributed by atoms with Gasteiger partial charge in [-0.2, -0.15) is 0 Å². The van der Waals surface area contributed by atoms with Gasteiger partial charge in [-0.1, -0.05) is 6.07 Å². The molecule has 2 heterocycles. The van der Waals surface area contributed by atoms with Crippen molar-refractivity contribution < 1.29 is 14.3 Å². The predicted octanol–water partition coefficient (Wildman–Crippen LogP) is 0.0741. The molecule has 7 nitrogen and oxygen atoms in total. The summed E-state index contributed by atoms with van der Waals surface area (Å²) in [6, 6.07) is 5.28. The first-order valence-corrected chi connectivity index (χ1v) is 5.87. The quantitative estimate of drug-likeness (QED) is 0.715. The summed E-state index contributed by atoms with van der Waals surface area (Å²) in [6.45, 7) is 1.89. The number of methoxy groups -OCH3 is 1. The molecule has 0 N–H and O–H groups in total. The van der Waals surface area contributed by atoms with E-state index in [0.717, 1.165) is 0 Å². The Morgan fingerprint density at radius 3 is 2.95 bits per heavy atom. The molecule has 0 saturated carbocycles. The van der Waals surface area contributed by atoms with E-state index >= 15 is 0 Å². The van der Waals surface area contributed by atoms with Crippen molar-refractivity contribution in [2.75, 3.05) is 13.7 Å². The average molecular weight is 265 g/mol. The van der Waals surface area contributed by atoms with Crippen molar-refractivity contribution in [1.29, 1.82) is 0 Å². The van der Waals surface area contributed by atoms with Gasteiger partial charge in [0.2, 0.25) is 0 Å². The maximum Gasteiger partial charge on any atom is 0.350 e. The van der Waals surface area contributed by atoms with Crippen LogP contribution in [0.4, 0.5) is 0 Å². The minimum atomic E-state index is -0.613. The minimum absolute atomic E-state index is 0.0797. The van der Waals surface area contributed by atoms with Crippen molar-refractivity contribution in [3.8, 4) is 0 Å². The van der Waals surface area contributed by atoms with Crippen molar-refractivity contribution in [3.63, 3.8) is 0 Å². The molecule has 0 unspecified atom stereocenters. The van der Waals surface area contributed by atoms with Crippen LogP contribution in [0.25, 0.3) is 5.65 Å². The summed E-state index contributed by atoms with van der Waals surface area (Å²) in [7, 11) is 1.43. The van der Waals surface area contributed by atoms with Crippen LogP contribution in [0, 0.1) is 0 Å². The molecule has 0 aliphatic heterocycles. The zero-order chi connectivity index (χ0) is 13.8. The minimum Gasteiger partial charge on any atom is -0.462 e. The maximum absolute atomic E-state index is 11.9. The first-order chi connectivity index (χ1) is 9.13. The van der Waals surface area contributed by atoms with Crippen LogP contribution in [0.1, 0.15) is 6.92 Å². The van der Waals surface area contributed by atoms with Gasteiger partial charge in [0, 0.05) is 13.3 Å². The van der Waals surface area contributed by atoms with E-state index in [9.17, 15) is 9.59 Å². The molecule has 0 fully saturated rings. The van der Waals surface area contributed by atoms with Crippen LogP contribution in [0.2, 0.25) is 0 Å². The summed E-state index contributed by atoms with van der Waals surface area (Å²) in [5.74, 6) is -0.459. The molecule has 102 valence electrons. The van der Waals surface area contributed by atoms with E-state index in [1.165, 1.54) is 16.2 Å². The molecule has 7 heteroatoms.